The molecule has 36 heavy (non-hydrogen) atoms. The monoisotopic (exact) mass is 494 g/mol. The van der Waals surface area contributed by atoms with E-state index in [-0.39, 0.29) is 11.9 Å². The molecule has 0 spiro atoms. The number of imidazole rings is 1. The first-order valence-electron chi connectivity index (χ1n) is 13.8. The first kappa shape index (κ1) is 23.5. The Bertz CT molecular complexity index is 1270. The zero-order valence-electron chi connectivity index (χ0n) is 21.7. The van der Waals surface area contributed by atoms with Gasteiger partial charge in [-0.05, 0) is 70.1 Å². The van der Waals surface area contributed by atoms with Crippen molar-refractivity contribution in [1.82, 2.24) is 29.7 Å². The Morgan fingerprint density at radius 2 is 1.83 bits per heavy atom. The van der Waals surface area contributed by atoms with Crippen molar-refractivity contribution >= 4 is 22.9 Å². The van der Waals surface area contributed by atoms with Gasteiger partial charge in [0.25, 0.3) is 0 Å². The van der Waals surface area contributed by atoms with Gasteiger partial charge in [0, 0.05) is 25.2 Å². The van der Waals surface area contributed by atoms with Gasteiger partial charge < -0.3 is 19.3 Å². The molecule has 0 bridgehead atoms. The fraction of sp³-hybridized carbons (Fsp3) is 0.731. The van der Waals surface area contributed by atoms with Crippen molar-refractivity contribution in [2.75, 3.05) is 16.8 Å². The Balaban J connectivity index is 1.48. The lowest BCUT2D eigenvalue weighted by Crippen LogP contribution is -2.32. The van der Waals surface area contributed by atoms with Crippen molar-refractivity contribution in [3.05, 3.63) is 10.6 Å². The molecule has 3 aromatic heterocycles. The van der Waals surface area contributed by atoms with Gasteiger partial charge in [-0.25, -0.2) is 14.8 Å². The molecule has 0 aromatic carbocycles. The summed E-state index contributed by atoms with van der Waals surface area (Å²) >= 11 is 0. The highest BCUT2D eigenvalue weighted by atomic mass is 16.5. The van der Waals surface area contributed by atoms with E-state index in [0.29, 0.717) is 29.3 Å². The number of aromatic nitrogens is 6. The van der Waals surface area contributed by atoms with Crippen LogP contribution < -0.4 is 16.0 Å². The molecule has 1 unspecified atom stereocenters. The van der Waals surface area contributed by atoms with Crippen LogP contribution in [-0.4, -0.2) is 48.3 Å². The molecule has 10 nitrogen and oxygen atoms in total. The van der Waals surface area contributed by atoms with E-state index in [4.69, 9.17) is 19.5 Å². The number of rotatable bonds is 7. The lowest BCUT2D eigenvalue weighted by Gasteiger charge is -2.32. The van der Waals surface area contributed by atoms with E-state index < -0.39 is 5.76 Å². The smallest absolute Gasteiger partial charge is 0.365 e. The average Bonchev–Trinajstić information content (AvgIpc) is 3.52. The maximum Gasteiger partial charge on any atom is 0.460 e. The van der Waals surface area contributed by atoms with Gasteiger partial charge in [0.1, 0.15) is 5.52 Å². The highest BCUT2D eigenvalue weighted by Crippen LogP contribution is 2.37. The van der Waals surface area contributed by atoms with E-state index in [2.05, 4.69) is 45.7 Å². The molecule has 1 aliphatic heterocycles. The van der Waals surface area contributed by atoms with E-state index >= 15 is 0 Å². The summed E-state index contributed by atoms with van der Waals surface area (Å²) in [7, 11) is 0. The number of anilines is 2. The van der Waals surface area contributed by atoms with Crippen LogP contribution in [0.25, 0.3) is 22.8 Å². The molecule has 0 amide bonds. The molecular formula is C26H38N8O2. The number of nitrogens with one attached hydrogen (secondary N) is 2. The first-order chi connectivity index (χ1) is 17.5. The van der Waals surface area contributed by atoms with Crippen LogP contribution in [0.15, 0.2) is 9.32 Å². The lowest BCUT2D eigenvalue weighted by molar-refractivity contribution is 0.266. The minimum Gasteiger partial charge on any atom is -0.365 e. The highest BCUT2D eigenvalue weighted by Gasteiger charge is 2.31. The molecule has 3 aliphatic rings. The third-order valence-corrected chi connectivity index (χ3v) is 8.84. The predicted octanol–water partition coefficient (Wildman–Crippen LogP) is 4.59. The molecule has 2 atom stereocenters. The summed E-state index contributed by atoms with van der Waals surface area (Å²) in [5, 5.41) is 6.29. The molecule has 194 valence electrons. The number of hydrogen-bond donors (Lipinski definition) is 2. The molecule has 2 N–H and O–H groups in total. The number of hydrogen-bond acceptors (Lipinski definition) is 8. The summed E-state index contributed by atoms with van der Waals surface area (Å²) in [6.07, 6.45) is 11.2. The van der Waals surface area contributed by atoms with Gasteiger partial charge in [-0.1, -0.05) is 26.2 Å². The lowest BCUT2D eigenvalue weighted by atomic mass is 9.80. The van der Waals surface area contributed by atoms with Gasteiger partial charge >= 0.3 is 5.76 Å². The standard InChI is InChI=1S/C26H38N8O2/c1-15-9-11-18(12-10-15)14-34-20-21(27-17(3)19-7-4-8-19)28-23(24-31-26(35)36-32-24)29-22(20)30-25(34)33-13-5-6-16(33)2/h15-19H,4-14H2,1-3H3,(H,27,28,29)(H,31,32,35)/t15?,16?,17-,18?/m1/s1. The van der Waals surface area contributed by atoms with Crippen LogP contribution in [-0.2, 0) is 6.54 Å². The Morgan fingerprint density at radius 1 is 1.03 bits per heavy atom. The van der Waals surface area contributed by atoms with Crippen LogP contribution in [0.5, 0.6) is 0 Å². The number of aromatic amines is 1. The summed E-state index contributed by atoms with van der Waals surface area (Å²) in [6.45, 7) is 8.83. The van der Waals surface area contributed by atoms with Gasteiger partial charge in [0.05, 0.1) is 0 Å². The molecule has 3 fully saturated rings. The van der Waals surface area contributed by atoms with Gasteiger partial charge in [0.2, 0.25) is 17.6 Å². The second kappa shape index (κ2) is 9.52. The summed E-state index contributed by atoms with van der Waals surface area (Å²) < 4.78 is 7.22. The van der Waals surface area contributed by atoms with Crippen LogP contribution in [0, 0.1) is 17.8 Å². The SMILES string of the molecule is CC1CCC(Cn2c(N3CCCC3C)nc3nc(-c4nc(=O)o[nH]4)nc(N[C@H](C)C4CCC4)c32)CC1. The van der Waals surface area contributed by atoms with Crippen molar-refractivity contribution in [1.29, 1.82) is 0 Å². The van der Waals surface area contributed by atoms with Crippen LogP contribution in [0.4, 0.5) is 11.8 Å². The summed E-state index contributed by atoms with van der Waals surface area (Å²) in [5.74, 6) is 3.71. The molecule has 4 heterocycles. The zero-order chi connectivity index (χ0) is 24.8. The molecule has 6 rings (SSSR count). The summed E-state index contributed by atoms with van der Waals surface area (Å²) in [6, 6.07) is 0.727. The second-order valence-corrected chi connectivity index (χ2v) is 11.5. The maximum atomic E-state index is 11.6. The predicted molar refractivity (Wildman–Crippen MR) is 139 cm³/mol. The van der Waals surface area contributed by atoms with E-state index in [1.165, 1.54) is 57.8 Å². The van der Waals surface area contributed by atoms with Gasteiger partial charge in [-0.3, -0.25) is 0 Å². The number of fused-ring (bicyclic) bond motifs is 1. The number of nitrogens with zero attached hydrogens (tertiary/aromatic N) is 6. The quantitative estimate of drug-likeness (QED) is 0.490. The molecule has 0 radical (unpaired) electrons. The van der Waals surface area contributed by atoms with Crippen molar-refractivity contribution in [2.45, 2.75) is 97.2 Å². The highest BCUT2D eigenvalue weighted by molar-refractivity contribution is 5.87. The van der Waals surface area contributed by atoms with Crippen molar-refractivity contribution in [2.24, 2.45) is 17.8 Å². The Kier molecular flexibility index (Phi) is 6.21. The largest absolute Gasteiger partial charge is 0.460 e. The molecule has 1 saturated heterocycles. The summed E-state index contributed by atoms with van der Waals surface area (Å²) in [4.78, 5) is 32.8. The topological polar surface area (TPSA) is 118 Å². The fourth-order valence-electron chi connectivity index (χ4n) is 6.22. The second-order valence-electron chi connectivity index (χ2n) is 11.5. The van der Waals surface area contributed by atoms with Gasteiger partial charge in [-0.2, -0.15) is 10.1 Å². The van der Waals surface area contributed by atoms with Crippen LogP contribution in [0.1, 0.15) is 78.6 Å². The van der Waals surface area contributed by atoms with Gasteiger partial charge in [-0.15, -0.1) is 4.98 Å². The molecule has 10 heteroatoms. The van der Waals surface area contributed by atoms with E-state index in [9.17, 15) is 4.79 Å². The van der Waals surface area contributed by atoms with Crippen molar-refractivity contribution in [3.63, 3.8) is 0 Å². The first-order valence-corrected chi connectivity index (χ1v) is 13.8. The van der Waals surface area contributed by atoms with E-state index in [1.54, 1.807) is 0 Å². The Labute approximate surface area is 211 Å². The fourth-order valence-corrected chi connectivity index (χ4v) is 6.22. The minimum atomic E-state index is -0.685. The zero-order valence-corrected chi connectivity index (χ0v) is 21.7. The third kappa shape index (κ3) is 4.39. The average molecular weight is 495 g/mol. The summed E-state index contributed by atoms with van der Waals surface area (Å²) in [5.41, 5.74) is 1.61. The van der Waals surface area contributed by atoms with E-state index in [1.807, 2.05) is 0 Å². The number of H-pyrrole nitrogens is 1. The third-order valence-electron chi connectivity index (χ3n) is 8.84. The normalized spacial score (nSPS) is 25.9. The van der Waals surface area contributed by atoms with E-state index in [0.717, 1.165) is 36.3 Å². The van der Waals surface area contributed by atoms with Crippen molar-refractivity contribution in [3.8, 4) is 11.6 Å². The van der Waals surface area contributed by atoms with Gasteiger partial charge in [0.15, 0.2) is 11.5 Å². The molecule has 3 aromatic rings. The van der Waals surface area contributed by atoms with Crippen LogP contribution >= 0.6 is 0 Å². The Morgan fingerprint density at radius 3 is 2.47 bits per heavy atom. The van der Waals surface area contributed by atoms with Crippen LogP contribution in [0.3, 0.4) is 0 Å². The molecule has 2 saturated carbocycles. The Hall–Kier alpha value is -2.91. The maximum absolute atomic E-state index is 11.6. The minimum absolute atomic E-state index is 0.230. The molecular weight excluding hydrogens is 456 g/mol. The molecule has 2 aliphatic carbocycles. The van der Waals surface area contributed by atoms with Crippen LogP contribution in [0.2, 0.25) is 0 Å². The van der Waals surface area contributed by atoms with Crippen molar-refractivity contribution < 1.29 is 4.52 Å².